The highest BCUT2D eigenvalue weighted by Crippen LogP contribution is 2.19. The molecule has 0 unspecified atom stereocenters. The van der Waals surface area contributed by atoms with Crippen molar-refractivity contribution in [3.63, 3.8) is 0 Å². The van der Waals surface area contributed by atoms with E-state index in [2.05, 4.69) is 10.6 Å². The van der Waals surface area contributed by atoms with Crippen LogP contribution in [0.15, 0.2) is 54.6 Å². The number of para-hydroxylation sites is 1. The third-order valence-corrected chi connectivity index (χ3v) is 3.56. The highest BCUT2D eigenvalue weighted by molar-refractivity contribution is 5.83. The van der Waals surface area contributed by atoms with Gasteiger partial charge in [0.1, 0.15) is 5.75 Å². The van der Waals surface area contributed by atoms with Crippen molar-refractivity contribution in [1.82, 2.24) is 5.32 Å². The first-order valence-corrected chi connectivity index (χ1v) is 8.59. The van der Waals surface area contributed by atoms with Gasteiger partial charge in [-0.2, -0.15) is 0 Å². The second-order valence-corrected chi connectivity index (χ2v) is 5.72. The third-order valence-electron chi connectivity index (χ3n) is 3.56. The van der Waals surface area contributed by atoms with E-state index in [9.17, 15) is 9.59 Å². The van der Waals surface area contributed by atoms with Gasteiger partial charge >= 0.3 is 5.97 Å². The molecular weight excluding hydrogens is 348 g/mol. The molecule has 2 N–H and O–H groups in total. The zero-order chi connectivity index (χ0) is 19.5. The number of anilines is 2. The molecule has 2 rings (SSSR count). The normalized spacial score (nSPS) is 11.3. The summed E-state index contributed by atoms with van der Waals surface area (Å²) in [7, 11) is 1.54. The molecule has 27 heavy (non-hydrogen) atoms. The number of amides is 1. The predicted octanol–water partition coefficient (Wildman–Crippen LogP) is 2.50. The van der Waals surface area contributed by atoms with E-state index in [0.717, 1.165) is 11.4 Å². The Morgan fingerprint density at radius 2 is 1.67 bits per heavy atom. The molecule has 0 bridgehead atoms. The van der Waals surface area contributed by atoms with Gasteiger partial charge in [-0.3, -0.25) is 4.79 Å². The van der Waals surface area contributed by atoms with Crippen molar-refractivity contribution in [1.29, 1.82) is 0 Å². The van der Waals surface area contributed by atoms with Gasteiger partial charge < -0.3 is 24.8 Å². The Labute approximate surface area is 158 Å². The van der Waals surface area contributed by atoms with E-state index in [1.807, 2.05) is 42.5 Å². The van der Waals surface area contributed by atoms with Gasteiger partial charge in [-0.25, -0.2) is 4.79 Å². The lowest BCUT2D eigenvalue weighted by atomic mass is 10.2. The Morgan fingerprint density at radius 3 is 2.33 bits per heavy atom. The fourth-order valence-corrected chi connectivity index (χ4v) is 2.17. The summed E-state index contributed by atoms with van der Waals surface area (Å²) in [6.07, 6.45) is -0.893. The first-order chi connectivity index (χ1) is 13.1. The van der Waals surface area contributed by atoms with Crippen LogP contribution in [0.5, 0.6) is 5.75 Å². The first kappa shape index (κ1) is 20.3. The Morgan fingerprint density at radius 1 is 1.00 bits per heavy atom. The van der Waals surface area contributed by atoms with Crippen LogP contribution in [0.25, 0.3) is 0 Å². The molecular formula is C20H24N2O5. The van der Waals surface area contributed by atoms with Crippen LogP contribution >= 0.6 is 0 Å². The quantitative estimate of drug-likeness (QED) is 0.492. The predicted molar refractivity (Wildman–Crippen MR) is 102 cm³/mol. The van der Waals surface area contributed by atoms with E-state index in [-0.39, 0.29) is 12.5 Å². The molecule has 0 aromatic heterocycles. The number of ether oxygens (including phenoxy) is 3. The first-order valence-electron chi connectivity index (χ1n) is 8.59. The molecule has 0 aliphatic heterocycles. The van der Waals surface area contributed by atoms with Crippen molar-refractivity contribution >= 4 is 23.3 Å². The summed E-state index contributed by atoms with van der Waals surface area (Å²) < 4.78 is 15.3. The van der Waals surface area contributed by atoms with E-state index < -0.39 is 12.1 Å². The number of hydrogen-bond acceptors (Lipinski definition) is 6. The molecule has 1 atom stereocenters. The van der Waals surface area contributed by atoms with E-state index in [4.69, 9.17) is 14.2 Å². The maximum absolute atomic E-state index is 11.8. The second-order valence-electron chi connectivity index (χ2n) is 5.72. The monoisotopic (exact) mass is 372 g/mol. The van der Waals surface area contributed by atoms with Crippen molar-refractivity contribution in [2.24, 2.45) is 0 Å². The summed E-state index contributed by atoms with van der Waals surface area (Å²) in [5, 5.41) is 5.85. The maximum atomic E-state index is 11.8. The molecule has 2 aromatic rings. The van der Waals surface area contributed by atoms with Gasteiger partial charge in [0, 0.05) is 25.0 Å². The smallest absolute Gasteiger partial charge is 0.344 e. The SMILES string of the molecule is COCCNC(=O)[C@H](C)OC(=O)COc1ccc(Nc2ccccc2)cc1. The molecule has 0 radical (unpaired) electrons. The molecule has 2 aromatic carbocycles. The van der Waals surface area contributed by atoms with Crippen molar-refractivity contribution in [2.75, 3.05) is 32.2 Å². The van der Waals surface area contributed by atoms with Crippen LogP contribution in [-0.4, -0.2) is 44.8 Å². The van der Waals surface area contributed by atoms with Crippen LogP contribution in [-0.2, 0) is 19.1 Å². The fourth-order valence-electron chi connectivity index (χ4n) is 2.17. The lowest BCUT2D eigenvalue weighted by Crippen LogP contribution is -2.38. The third kappa shape index (κ3) is 7.37. The van der Waals surface area contributed by atoms with Gasteiger partial charge in [-0.15, -0.1) is 0 Å². The van der Waals surface area contributed by atoms with E-state index in [1.54, 1.807) is 12.1 Å². The minimum atomic E-state index is -0.893. The average molecular weight is 372 g/mol. The standard InChI is InChI=1S/C20H24N2O5/c1-15(20(24)21-12-13-25-2)27-19(23)14-26-18-10-8-17(9-11-18)22-16-6-4-3-5-7-16/h3-11,15,22H,12-14H2,1-2H3,(H,21,24)/t15-/m0/s1. The zero-order valence-corrected chi connectivity index (χ0v) is 15.4. The van der Waals surface area contributed by atoms with Gasteiger partial charge in [0.05, 0.1) is 6.61 Å². The van der Waals surface area contributed by atoms with Gasteiger partial charge in [0.15, 0.2) is 12.7 Å². The van der Waals surface area contributed by atoms with E-state index in [0.29, 0.717) is 18.9 Å². The molecule has 7 heteroatoms. The van der Waals surface area contributed by atoms with Crippen molar-refractivity contribution in [3.8, 4) is 5.75 Å². The average Bonchev–Trinajstić information content (AvgIpc) is 2.68. The zero-order valence-electron chi connectivity index (χ0n) is 15.4. The number of benzene rings is 2. The van der Waals surface area contributed by atoms with Crippen LogP contribution in [0.4, 0.5) is 11.4 Å². The number of carbonyl (C=O) groups is 2. The summed E-state index contributed by atoms with van der Waals surface area (Å²) in [6.45, 7) is 1.98. The van der Waals surface area contributed by atoms with Gasteiger partial charge in [0.25, 0.3) is 5.91 Å². The largest absolute Gasteiger partial charge is 0.482 e. The lowest BCUT2D eigenvalue weighted by molar-refractivity contribution is -0.156. The number of rotatable bonds is 10. The molecule has 0 aliphatic rings. The second kappa shape index (κ2) is 10.8. The molecule has 0 aliphatic carbocycles. The molecule has 0 heterocycles. The Bertz CT molecular complexity index is 719. The number of nitrogens with one attached hydrogen (secondary N) is 2. The van der Waals surface area contributed by atoms with E-state index >= 15 is 0 Å². The molecule has 0 fully saturated rings. The van der Waals surface area contributed by atoms with Crippen LogP contribution in [0.2, 0.25) is 0 Å². The van der Waals surface area contributed by atoms with E-state index in [1.165, 1.54) is 14.0 Å². The highest BCUT2D eigenvalue weighted by atomic mass is 16.6. The van der Waals surface area contributed by atoms with Crippen molar-refractivity contribution in [3.05, 3.63) is 54.6 Å². The van der Waals surface area contributed by atoms with Crippen LogP contribution in [0.1, 0.15) is 6.92 Å². The molecule has 144 valence electrons. The Hall–Kier alpha value is -3.06. The summed E-state index contributed by atoms with van der Waals surface area (Å²) in [5.74, 6) is -0.463. The highest BCUT2D eigenvalue weighted by Gasteiger charge is 2.17. The molecule has 0 saturated heterocycles. The van der Waals surface area contributed by atoms with Crippen LogP contribution in [0.3, 0.4) is 0 Å². The minimum Gasteiger partial charge on any atom is -0.482 e. The van der Waals surface area contributed by atoms with Gasteiger partial charge in [-0.1, -0.05) is 18.2 Å². The summed E-state index contributed by atoms with van der Waals surface area (Å²) in [5.41, 5.74) is 1.88. The molecule has 1 amide bonds. The van der Waals surface area contributed by atoms with Gasteiger partial charge in [0.2, 0.25) is 0 Å². The summed E-state index contributed by atoms with van der Waals surface area (Å²) in [6, 6.07) is 17.0. The molecule has 0 spiro atoms. The molecule has 0 saturated carbocycles. The van der Waals surface area contributed by atoms with Crippen molar-refractivity contribution in [2.45, 2.75) is 13.0 Å². The van der Waals surface area contributed by atoms with Crippen LogP contribution in [0, 0.1) is 0 Å². The lowest BCUT2D eigenvalue weighted by Gasteiger charge is -2.14. The number of esters is 1. The Balaban J connectivity index is 1.74. The number of hydrogen-bond donors (Lipinski definition) is 2. The Kier molecular flexibility index (Phi) is 8.12. The summed E-state index contributed by atoms with van der Waals surface area (Å²) in [4.78, 5) is 23.5. The number of methoxy groups -OCH3 is 1. The van der Waals surface area contributed by atoms with Crippen molar-refractivity contribution < 1.29 is 23.8 Å². The maximum Gasteiger partial charge on any atom is 0.344 e. The minimum absolute atomic E-state index is 0.277. The fraction of sp³-hybridized carbons (Fsp3) is 0.300. The summed E-state index contributed by atoms with van der Waals surface area (Å²) >= 11 is 0. The van der Waals surface area contributed by atoms with Crippen LogP contribution < -0.4 is 15.4 Å². The number of carbonyl (C=O) groups excluding carboxylic acids is 2. The van der Waals surface area contributed by atoms with Gasteiger partial charge in [-0.05, 0) is 43.3 Å². The topological polar surface area (TPSA) is 85.9 Å². The molecule has 7 nitrogen and oxygen atoms in total.